The Morgan fingerprint density at radius 3 is 2.52 bits per heavy atom. The number of fused-ring (bicyclic) bond motifs is 1. The Morgan fingerprint density at radius 2 is 2.00 bits per heavy atom. The molecule has 2 aliphatic carbocycles. The Hall–Kier alpha value is -1.06. The Morgan fingerprint density at radius 1 is 1.29 bits per heavy atom. The zero-order chi connectivity index (χ0) is 15.5. The first-order valence-corrected chi connectivity index (χ1v) is 8.14. The van der Waals surface area contributed by atoms with Gasteiger partial charge in [-0.3, -0.25) is 9.59 Å². The van der Waals surface area contributed by atoms with E-state index in [2.05, 4.69) is 27.7 Å². The molecule has 4 heteroatoms. The van der Waals surface area contributed by atoms with Crippen molar-refractivity contribution in [1.29, 1.82) is 0 Å². The van der Waals surface area contributed by atoms with Gasteiger partial charge in [-0.15, -0.1) is 0 Å². The molecule has 1 saturated heterocycles. The third-order valence-corrected chi connectivity index (χ3v) is 6.18. The maximum Gasteiger partial charge on any atom is 0.313 e. The summed E-state index contributed by atoms with van der Waals surface area (Å²) in [5, 5.41) is 0. The summed E-state index contributed by atoms with van der Waals surface area (Å²) in [5.74, 6) is -0.00260. The molecular formula is C17H26O4. The predicted molar refractivity (Wildman–Crippen MR) is 77.5 cm³/mol. The summed E-state index contributed by atoms with van der Waals surface area (Å²) in [5.41, 5.74) is -1.22. The molecule has 0 radical (unpaired) electrons. The van der Waals surface area contributed by atoms with Crippen LogP contribution in [-0.4, -0.2) is 23.6 Å². The fourth-order valence-electron chi connectivity index (χ4n) is 4.70. The summed E-state index contributed by atoms with van der Waals surface area (Å²) >= 11 is 0. The lowest BCUT2D eigenvalue weighted by molar-refractivity contribution is -0.200. The van der Waals surface area contributed by atoms with Crippen LogP contribution in [0.1, 0.15) is 66.2 Å². The second-order valence-electron chi connectivity index (χ2n) is 8.16. The predicted octanol–water partition coefficient (Wildman–Crippen LogP) is 3.23. The molecule has 0 N–H and O–H groups in total. The molecule has 2 saturated carbocycles. The Kier molecular flexibility index (Phi) is 3.16. The van der Waals surface area contributed by atoms with Gasteiger partial charge in [0, 0.05) is 0 Å². The monoisotopic (exact) mass is 294 g/mol. The molecule has 118 valence electrons. The molecule has 0 aromatic carbocycles. The third-order valence-electron chi connectivity index (χ3n) is 6.18. The van der Waals surface area contributed by atoms with Crippen molar-refractivity contribution in [3.05, 3.63) is 0 Å². The lowest BCUT2D eigenvalue weighted by Crippen LogP contribution is -2.57. The minimum atomic E-state index is -0.679. The van der Waals surface area contributed by atoms with E-state index in [9.17, 15) is 9.59 Å². The molecule has 0 spiro atoms. The fourth-order valence-corrected chi connectivity index (χ4v) is 4.70. The van der Waals surface area contributed by atoms with E-state index in [1.807, 2.05) is 0 Å². The summed E-state index contributed by atoms with van der Waals surface area (Å²) in [7, 11) is 0. The molecule has 4 unspecified atom stereocenters. The van der Waals surface area contributed by atoms with Crippen molar-refractivity contribution in [3.63, 3.8) is 0 Å². The van der Waals surface area contributed by atoms with Gasteiger partial charge >= 0.3 is 11.9 Å². The van der Waals surface area contributed by atoms with Gasteiger partial charge in [0.05, 0.1) is 11.8 Å². The highest BCUT2D eigenvalue weighted by atomic mass is 16.6. The maximum absolute atomic E-state index is 13.0. The molecule has 3 rings (SSSR count). The molecule has 3 aliphatic rings. The normalized spacial score (nSPS) is 42.2. The van der Waals surface area contributed by atoms with Gasteiger partial charge in [0.2, 0.25) is 0 Å². The van der Waals surface area contributed by atoms with Crippen molar-refractivity contribution >= 4 is 11.9 Å². The van der Waals surface area contributed by atoms with Crippen LogP contribution in [-0.2, 0) is 19.1 Å². The molecule has 0 amide bonds. The number of ether oxygens (including phenoxy) is 2. The quantitative estimate of drug-likeness (QED) is 0.734. The molecule has 1 aliphatic heterocycles. The van der Waals surface area contributed by atoms with Crippen molar-refractivity contribution in [3.8, 4) is 0 Å². The number of carbonyl (C=O) groups is 2. The first kappa shape index (κ1) is 14.9. The van der Waals surface area contributed by atoms with Crippen LogP contribution >= 0.6 is 0 Å². The van der Waals surface area contributed by atoms with Crippen molar-refractivity contribution in [2.24, 2.45) is 16.7 Å². The van der Waals surface area contributed by atoms with E-state index in [0.29, 0.717) is 5.92 Å². The highest BCUT2D eigenvalue weighted by molar-refractivity contribution is 5.81. The van der Waals surface area contributed by atoms with Gasteiger partial charge in [-0.05, 0) is 43.4 Å². The molecule has 0 aromatic rings. The molecule has 4 nitrogen and oxygen atoms in total. The van der Waals surface area contributed by atoms with E-state index in [1.165, 1.54) is 0 Å². The molecular weight excluding hydrogens is 268 g/mol. The molecule has 4 atom stereocenters. The van der Waals surface area contributed by atoms with Crippen molar-refractivity contribution in [1.82, 2.24) is 0 Å². The standard InChI is InChI=1S/C17H26O4/c1-11-7-9-17(11,15(2,3)4)14(19)21-16-8-5-6-12(16)20-13(18)10-16/h11-12H,5-10H2,1-4H3. The van der Waals surface area contributed by atoms with Crippen LogP contribution in [0, 0.1) is 16.7 Å². The topological polar surface area (TPSA) is 52.6 Å². The smallest absolute Gasteiger partial charge is 0.313 e. The van der Waals surface area contributed by atoms with Crippen molar-refractivity contribution < 1.29 is 19.1 Å². The Bertz CT molecular complexity index is 478. The first-order valence-electron chi connectivity index (χ1n) is 8.14. The zero-order valence-corrected chi connectivity index (χ0v) is 13.5. The number of rotatable bonds is 2. The van der Waals surface area contributed by atoms with Gasteiger partial charge in [0.1, 0.15) is 6.10 Å². The molecule has 1 heterocycles. The average Bonchev–Trinajstić information content (AvgIpc) is 2.80. The van der Waals surface area contributed by atoms with Crippen LogP contribution in [0.3, 0.4) is 0 Å². The maximum atomic E-state index is 13.0. The molecule has 3 fully saturated rings. The SMILES string of the molecule is CC1CCC1(C(=O)OC12CCCC1OC(=O)C2)C(C)(C)C. The first-order chi connectivity index (χ1) is 9.71. The fraction of sp³-hybridized carbons (Fsp3) is 0.882. The summed E-state index contributed by atoms with van der Waals surface area (Å²) in [6.07, 6.45) is 4.49. The van der Waals surface area contributed by atoms with Gasteiger partial charge in [-0.2, -0.15) is 0 Å². The third kappa shape index (κ3) is 1.94. The van der Waals surface area contributed by atoms with Crippen LogP contribution in [0.15, 0.2) is 0 Å². The van der Waals surface area contributed by atoms with Crippen molar-refractivity contribution in [2.45, 2.75) is 77.9 Å². The highest BCUT2D eigenvalue weighted by Gasteiger charge is 2.62. The van der Waals surface area contributed by atoms with E-state index in [-0.39, 0.29) is 29.9 Å². The lowest BCUT2D eigenvalue weighted by atomic mass is 9.49. The van der Waals surface area contributed by atoms with Crippen LogP contribution in [0.4, 0.5) is 0 Å². The van der Waals surface area contributed by atoms with Crippen LogP contribution in [0.2, 0.25) is 0 Å². The van der Waals surface area contributed by atoms with Gasteiger partial charge in [0.15, 0.2) is 5.60 Å². The number of esters is 2. The molecule has 0 bridgehead atoms. The summed E-state index contributed by atoms with van der Waals surface area (Å²) in [6, 6.07) is 0. The van der Waals surface area contributed by atoms with E-state index < -0.39 is 11.0 Å². The van der Waals surface area contributed by atoms with Gasteiger partial charge in [-0.1, -0.05) is 27.7 Å². The van der Waals surface area contributed by atoms with Crippen molar-refractivity contribution in [2.75, 3.05) is 0 Å². The highest BCUT2D eigenvalue weighted by Crippen LogP contribution is 2.59. The average molecular weight is 294 g/mol. The van der Waals surface area contributed by atoms with E-state index in [4.69, 9.17) is 9.47 Å². The lowest BCUT2D eigenvalue weighted by Gasteiger charge is -2.54. The Labute approximate surface area is 126 Å². The van der Waals surface area contributed by atoms with Gasteiger partial charge < -0.3 is 9.47 Å². The number of carbonyl (C=O) groups excluding carboxylic acids is 2. The van der Waals surface area contributed by atoms with E-state index >= 15 is 0 Å². The second-order valence-corrected chi connectivity index (χ2v) is 8.16. The van der Waals surface area contributed by atoms with Gasteiger partial charge in [0.25, 0.3) is 0 Å². The van der Waals surface area contributed by atoms with Gasteiger partial charge in [-0.25, -0.2) is 0 Å². The largest absolute Gasteiger partial charge is 0.458 e. The summed E-state index contributed by atoms with van der Waals surface area (Å²) in [6.45, 7) is 8.48. The van der Waals surface area contributed by atoms with Crippen LogP contribution < -0.4 is 0 Å². The minimum Gasteiger partial charge on any atom is -0.458 e. The van der Waals surface area contributed by atoms with Crippen LogP contribution in [0.5, 0.6) is 0 Å². The molecule has 21 heavy (non-hydrogen) atoms. The van der Waals surface area contributed by atoms with E-state index in [0.717, 1.165) is 32.1 Å². The number of hydrogen-bond acceptors (Lipinski definition) is 4. The van der Waals surface area contributed by atoms with E-state index in [1.54, 1.807) is 0 Å². The number of hydrogen-bond donors (Lipinski definition) is 0. The van der Waals surface area contributed by atoms with Crippen LogP contribution in [0.25, 0.3) is 0 Å². The summed E-state index contributed by atoms with van der Waals surface area (Å²) < 4.78 is 11.4. The Balaban J connectivity index is 1.84. The zero-order valence-electron chi connectivity index (χ0n) is 13.5. The minimum absolute atomic E-state index is 0.112. The second kappa shape index (κ2) is 4.47. The summed E-state index contributed by atoms with van der Waals surface area (Å²) in [4.78, 5) is 24.6. The molecule has 0 aromatic heterocycles.